The number of thiazole rings is 1. The average Bonchev–Trinajstić information content (AvgIpc) is 3.37. The highest BCUT2D eigenvalue weighted by atomic mass is 32.1. The number of ether oxygens (including phenoxy) is 3. The van der Waals surface area contributed by atoms with Crippen molar-refractivity contribution in [2.75, 3.05) is 45.4 Å². The summed E-state index contributed by atoms with van der Waals surface area (Å²) in [6, 6.07) is 20.5. The normalized spacial score (nSPS) is 14.5. The summed E-state index contributed by atoms with van der Waals surface area (Å²) in [5, 5.41) is 7.18. The van der Waals surface area contributed by atoms with Gasteiger partial charge < -0.3 is 19.1 Å². The fraction of sp³-hybridized carbons (Fsp3) is 0.290. The van der Waals surface area contributed by atoms with Gasteiger partial charge in [0.2, 0.25) is 4.80 Å². The van der Waals surface area contributed by atoms with Gasteiger partial charge in [0, 0.05) is 29.7 Å². The second kappa shape index (κ2) is 11.9. The summed E-state index contributed by atoms with van der Waals surface area (Å²) in [7, 11) is 3.34. The van der Waals surface area contributed by atoms with Crippen LogP contribution in [0.4, 0.5) is 11.4 Å². The molecule has 4 aromatic rings. The van der Waals surface area contributed by atoms with E-state index in [1.165, 1.54) is 11.3 Å². The summed E-state index contributed by atoms with van der Waals surface area (Å²) in [6.07, 6.45) is 0. The fourth-order valence-corrected chi connectivity index (χ4v) is 5.41. The van der Waals surface area contributed by atoms with Crippen molar-refractivity contribution in [3.8, 4) is 22.8 Å². The molecule has 5 rings (SSSR count). The van der Waals surface area contributed by atoms with Crippen LogP contribution >= 0.6 is 11.3 Å². The van der Waals surface area contributed by atoms with Gasteiger partial charge in [-0.05, 0) is 73.9 Å². The zero-order valence-corrected chi connectivity index (χ0v) is 23.9. The first-order valence-corrected chi connectivity index (χ1v) is 13.9. The zero-order chi connectivity index (χ0) is 27.4. The van der Waals surface area contributed by atoms with Crippen molar-refractivity contribution in [3.63, 3.8) is 0 Å². The van der Waals surface area contributed by atoms with Crippen LogP contribution in [0.3, 0.4) is 0 Å². The average molecular weight is 543 g/mol. The summed E-state index contributed by atoms with van der Waals surface area (Å²) in [4.78, 5) is 8.17. The van der Waals surface area contributed by atoms with E-state index in [-0.39, 0.29) is 0 Å². The highest BCUT2D eigenvalue weighted by Gasteiger charge is 2.16. The molecule has 0 aliphatic carbocycles. The van der Waals surface area contributed by atoms with Crippen molar-refractivity contribution in [2.24, 2.45) is 10.1 Å². The van der Waals surface area contributed by atoms with Crippen LogP contribution in [-0.2, 0) is 4.74 Å². The van der Waals surface area contributed by atoms with Crippen LogP contribution in [0, 0.1) is 13.8 Å². The van der Waals surface area contributed by atoms with Gasteiger partial charge in [0.15, 0.2) is 0 Å². The Morgan fingerprint density at radius 2 is 1.72 bits per heavy atom. The smallest absolute Gasteiger partial charge is 0.211 e. The van der Waals surface area contributed by atoms with Crippen molar-refractivity contribution in [3.05, 3.63) is 87.5 Å². The van der Waals surface area contributed by atoms with Gasteiger partial charge in [0.1, 0.15) is 11.5 Å². The van der Waals surface area contributed by atoms with Crippen LogP contribution in [-0.4, -0.2) is 50.9 Å². The van der Waals surface area contributed by atoms with E-state index in [1.807, 2.05) is 41.9 Å². The summed E-state index contributed by atoms with van der Waals surface area (Å²) < 4.78 is 18.7. The van der Waals surface area contributed by atoms with Gasteiger partial charge in [-0.15, -0.1) is 11.3 Å². The lowest BCUT2D eigenvalue weighted by atomic mass is 10.1. The fourth-order valence-electron chi connectivity index (χ4n) is 4.58. The van der Waals surface area contributed by atoms with Crippen LogP contribution in [0.5, 0.6) is 11.5 Å². The summed E-state index contributed by atoms with van der Waals surface area (Å²) in [5.41, 5.74) is 8.17. The largest absolute Gasteiger partial charge is 0.497 e. The van der Waals surface area contributed by atoms with E-state index in [0.29, 0.717) is 0 Å². The Morgan fingerprint density at radius 1 is 0.949 bits per heavy atom. The lowest BCUT2D eigenvalue weighted by Gasteiger charge is -2.28. The highest BCUT2D eigenvalue weighted by Crippen LogP contribution is 2.34. The zero-order valence-electron chi connectivity index (χ0n) is 23.1. The Bertz CT molecular complexity index is 1550. The molecule has 8 heteroatoms. The quantitative estimate of drug-likeness (QED) is 0.261. The topological polar surface area (TPSA) is 60.6 Å². The number of aromatic nitrogens is 1. The molecule has 1 aliphatic rings. The summed E-state index contributed by atoms with van der Waals surface area (Å²) in [5.74, 6) is 1.49. The number of aryl methyl sites for hydroxylation is 1. The molecule has 2 heterocycles. The van der Waals surface area contributed by atoms with Gasteiger partial charge in [-0.25, -0.2) is 9.67 Å². The third kappa shape index (κ3) is 5.77. The lowest BCUT2D eigenvalue weighted by molar-refractivity contribution is 0.122. The molecule has 0 N–H and O–H groups in total. The van der Waals surface area contributed by atoms with Crippen LogP contribution in [0.1, 0.15) is 23.6 Å². The summed E-state index contributed by atoms with van der Waals surface area (Å²) in [6.45, 7) is 9.58. The molecule has 0 spiro atoms. The summed E-state index contributed by atoms with van der Waals surface area (Å²) >= 11 is 1.55. The number of anilines is 1. The first-order chi connectivity index (χ1) is 19.0. The molecule has 0 amide bonds. The number of hydrogen-bond donors (Lipinski definition) is 0. The molecule has 0 saturated carbocycles. The minimum Gasteiger partial charge on any atom is -0.497 e. The van der Waals surface area contributed by atoms with Crippen LogP contribution in [0.25, 0.3) is 11.3 Å². The van der Waals surface area contributed by atoms with Gasteiger partial charge in [-0.3, -0.25) is 0 Å². The first-order valence-electron chi connectivity index (χ1n) is 13.0. The predicted octanol–water partition coefficient (Wildman–Crippen LogP) is 6.19. The van der Waals surface area contributed by atoms with Gasteiger partial charge in [0.25, 0.3) is 0 Å². The molecular weight excluding hydrogens is 508 g/mol. The molecule has 0 unspecified atom stereocenters. The Balaban J connectivity index is 1.62. The standard InChI is InChI=1S/C31H34N4O3S/c1-21-7-6-8-28(22(21)2)32-31-35(29(20-39-31)27-19-26(36-4)13-14-30(27)37-5)33-23(3)24-9-11-25(12-10-24)34-15-17-38-18-16-34/h6-14,19-20H,15-18H2,1-5H3/b32-31?,33-23-. The molecule has 3 aromatic carbocycles. The van der Waals surface area contributed by atoms with Crippen molar-refractivity contribution < 1.29 is 14.2 Å². The molecule has 1 aliphatic heterocycles. The predicted molar refractivity (Wildman–Crippen MR) is 159 cm³/mol. The monoisotopic (exact) mass is 542 g/mol. The van der Waals surface area contributed by atoms with Crippen molar-refractivity contribution in [2.45, 2.75) is 20.8 Å². The van der Waals surface area contributed by atoms with Crippen molar-refractivity contribution in [1.82, 2.24) is 4.68 Å². The van der Waals surface area contributed by atoms with E-state index in [1.54, 1.807) is 25.6 Å². The second-order valence-electron chi connectivity index (χ2n) is 9.44. The van der Waals surface area contributed by atoms with E-state index in [0.717, 1.165) is 76.4 Å². The molecular formula is C31H34N4O3S. The van der Waals surface area contributed by atoms with Crippen LogP contribution < -0.4 is 19.2 Å². The third-order valence-electron chi connectivity index (χ3n) is 7.07. The Labute approximate surface area is 233 Å². The Morgan fingerprint density at radius 3 is 2.44 bits per heavy atom. The maximum Gasteiger partial charge on any atom is 0.211 e. The van der Waals surface area contributed by atoms with E-state index in [9.17, 15) is 0 Å². The van der Waals surface area contributed by atoms with Crippen molar-refractivity contribution in [1.29, 1.82) is 0 Å². The molecule has 39 heavy (non-hydrogen) atoms. The molecule has 7 nitrogen and oxygen atoms in total. The highest BCUT2D eigenvalue weighted by molar-refractivity contribution is 7.07. The lowest BCUT2D eigenvalue weighted by Crippen LogP contribution is -2.36. The van der Waals surface area contributed by atoms with Gasteiger partial charge in [-0.1, -0.05) is 24.3 Å². The molecule has 1 fully saturated rings. The molecule has 1 saturated heterocycles. The Hall–Kier alpha value is -3.88. The van der Waals surface area contributed by atoms with E-state index < -0.39 is 0 Å². The van der Waals surface area contributed by atoms with Crippen molar-refractivity contribution >= 4 is 28.4 Å². The maximum absolute atomic E-state index is 5.72. The number of nitrogens with zero attached hydrogens (tertiary/aromatic N) is 4. The SMILES string of the molecule is COc1ccc(OC)c(-c2csc(=Nc3cccc(C)c3C)n2/N=C(/C)c2ccc(N3CCOCC3)cc2)c1. The first kappa shape index (κ1) is 26.7. The minimum atomic E-state index is 0.739. The maximum atomic E-state index is 5.72. The number of rotatable bonds is 7. The van der Waals surface area contributed by atoms with Crippen LogP contribution in [0.15, 0.2) is 76.1 Å². The van der Waals surface area contributed by atoms with Gasteiger partial charge >= 0.3 is 0 Å². The molecule has 0 bridgehead atoms. The minimum absolute atomic E-state index is 0.739. The number of methoxy groups -OCH3 is 2. The van der Waals surface area contributed by atoms with E-state index in [2.05, 4.69) is 54.5 Å². The third-order valence-corrected chi connectivity index (χ3v) is 7.89. The van der Waals surface area contributed by atoms with E-state index >= 15 is 0 Å². The van der Waals surface area contributed by atoms with Gasteiger partial charge in [-0.2, -0.15) is 5.10 Å². The molecule has 1 aromatic heterocycles. The number of morpholine rings is 1. The Kier molecular flexibility index (Phi) is 8.14. The van der Waals surface area contributed by atoms with Gasteiger partial charge in [0.05, 0.1) is 44.5 Å². The number of benzene rings is 3. The van der Waals surface area contributed by atoms with Crippen LogP contribution in [0.2, 0.25) is 0 Å². The molecule has 202 valence electrons. The number of hydrogen-bond acceptors (Lipinski definition) is 7. The second-order valence-corrected chi connectivity index (χ2v) is 10.3. The molecule has 0 atom stereocenters. The molecule has 0 radical (unpaired) electrons. The van der Waals surface area contributed by atoms with E-state index in [4.69, 9.17) is 24.3 Å².